The maximum absolute atomic E-state index is 12.6. The van der Waals surface area contributed by atoms with Crippen LogP contribution in [0.1, 0.15) is 24.6 Å². The fourth-order valence-corrected chi connectivity index (χ4v) is 5.11. The third-order valence-corrected chi connectivity index (χ3v) is 6.79. The Hall–Kier alpha value is -3.24. The van der Waals surface area contributed by atoms with Crippen molar-refractivity contribution in [3.8, 4) is 11.5 Å². The zero-order valence-electron chi connectivity index (χ0n) is 18.3. The Kier molecular flexibility index (Phi) is 5.11. The molecule has 0 aliphatic carbocycles. The van der Waals surface area contributed by atoms with Gasteiger partial charge >= 0.3 is 0 Å². The molecule has 0 amide bonds. The molecular formula is C23H26N6O4. The van der Waals surface area contributed by atoms with E-state index in [1.54, 1.807) is 27.5 Å². The second-order valence-corrected chi connectivity index (χ2v) is 8.89. The number of rotatable bonds is 5. The van der Waals surface area contributed by atoms with Crippen molar-refractivity contribution in [3.63, 3.8) is 0 Å². The summed E-state index contributed by atoms with van der Waals surface area (Å²) in [6.07, 6.45) is 5.11. The van der Waals surface area contributed by atoms with Gasteiger partial charge in [0.2, 0.25) is 0 Å². The van der Waals surface area contributed by atoms with Crippen LogP contribution in [0.2, 0.25) is 0 Å². The van der Waals surface area contributed by atoms with Gasteiger partial charge in [0, 0.05) is 37.8 Å². The van der Waals surface area contributed by atoms with Gasteiger partial charge in [-0.05, 0) is 32.0 Å². The summed E-state index contributed by atoms with van der Waals surface area (Å²) < 4.78 is 14.6. The van der Waals surface area contributed by atoms with Gasteiger partial charge in [-0.25, -0.2) is 4.98 Å². The summed E-state index contributed by atoms with van der Waals surface area (Å²) in [5.41, 5.74) is 2.04. The second-order valence-electron chi connectivity index (χ2n) is 8.89. The van der Waals surface area contributed by atoms with Crippen molar-refractivity contribution in [2.75, 3.05) is 32.8 Å². The van der Waals surface area contributed by atoms with Gasteiger partial charge in [-0.15, -0.1) is 0 Å². The van der Waals surface area contributed by atoms with E-state index < -0.39 is 0 Å². The summed E-state index contributed by atoms with van der Waals surface area (Å²) in [7, 11) is 0. The first-order valence-corrected chi connectivity index (χ1v) is 11.5. The van der Waals surface area contributed by atoms with E-state index in [4.69, 9.17) is 9.47 Å². The Morgan fingerprint density at radius 3 is 2.67 bits per heavy atom. The zero-order valence-corrected chi connectivity index (χ0v) is 18.3. The average Bonchev–Trinajstić information content (AvgIpc) is 3.23. The van der Waals surface area contributed by atoms with Gasteiger partial charge in [0.25, 0.3) is 11.1 Å². The topological polar surface area (TPSA) is 104 Å². The molecule has 3 aliphatic rings. The van der Waals surface area contributed by atoms with Crippen molar-refractivity contribution in [2.45, 2.75) is 38.0 Å². The Morgan fingerprint density at radius 2 is 1.82 bits per heavy atom. The quantitative estimate of drug-likeness (QED) is 0.601. The van der Waals surface area contributed by atoms with Crippen molar-refractivity contribution in [2.24, 2.45) is 0 Å². The lowest BCUT2D eigenvalue weighted by molar-refractivity contribution is 0.168. The van der Waals surface area contributed by atoms with Crippen LogP contribution >= 0.6 is 0 Å². The molecule has 0 spiro atoms. The molecule has 3 aliphatic heterocycles. The molecule has 3 aromatic rings. The van der Waals surface area contributed by atoms with Gasteiger partial charge in [-0.1, -0.05) is 0 Å². The molecule has 0 unspecified atom stereocenters. The van der Waals surface area contributed by atoms with Crippen LogP contribution in [0, 0.1) is 0 Å². The molecule has 1 fully saturated rings. The predicted molar refractivity (Wildman–Crippen MR) is 121 cm³/mol. The standard InChI is InChI=1S/C23H26N6O4/c30-21-2-1-18-23-28(22(31)12-26-18)14-17(29(21)23)13-27-5-3-15(4-6-27)24-10-16-9-19-20(11-25-16)33-8-7-32-19/h1-2,9,11-12,15,17,24H,3-8,10,13-14H2/t17-/m1/s1. The summed E-state index contributed by atoms with van der Waals surface area (Å²) >= 11 is 0. The summed E-state index contributed by atoms with van der Waals surface area (Å²) in [5.74, 6) is 1.47. The van der Waals surface area contributed by atoms with E-state index >= 15 is 0 Å². The average molecular weight is 450 g/mol. The van der Waals surface area contributed by atoms with Crippen molar-refractivity contribution in [3.05, 3.63) is 57.0 Å². The molecule has 33 heavy (non-hydrogen) atoms. The number of likely N-dealkylation sites (tertiary alicyclic amines) is 1. The van der Waals surface area contributed by atoms with Crippen LogP contribution in [0.4, 0.5) is 0 Å². The molecule has 0 saturated carbocycles. The molecule has 10 nitrogen and oxygen atoms in total. The number of piperidine rings is 1. The van der Waals surface area contributed by atoms with Gasteiger partial charge < -0.3 is 19.7 Å². The number of fused-ring (bicyclic) bond motifs is 1. The van der Waals surface area contributed by atoms with Gasteiger partial charge in [0.1, 0.15) is 24.4 Å². The first-order valence-electron chi connectivity index (χ1n) is 11.5. The fraction of sp³-hybridized carbons (Fsp3) is 0.478. The normalized spacial score (nSPS) is 20.4. The van der Waals surface area contributed by atoms with Crippen LogP contribution in [0.5, 0.6) is 11.5 Å². The highest BCUT2D eigenvalue weighted by Crippen LogP contribution is 2.29. The van der Waals surface area contributed by atoms with E-state index in [1.165, 1.54) is 6.20 Å². The maximum atomic E-state index is 12.6. The molecule has 10 heteroatoms. The van der Waals surface area contributed by atoms with E-state index in [1.807, 2.05) is 6.07 Å². The largest absolute Gasteiger partial charge is 0.486 e. The van der Waals surface area contributed by atoms with E-state index in [-0.39, 0.29) is 17.2 Å². The van der Waals surface area contributed by atoms with Crippen molar-refractivity contribution in [1.29, 1.82) is 0 Å². The van der Waals surface area contributed by atoms with Gasteiger partial charge in [-0.2, -0.15) is 0 Å². The molecule has 172 valence electrons. The summed E-state index contributed by atoms with van der Waals surface area (Å²) in [6, 6.07) is 5.55. The third-order valence-electron chi connectivity index (χ3n) is 6.79. The highest BCUT2D eigenvalue weighted by Gasteiger charge is 2.29. The number of hydrogen-bond acceptors (Lipinski definition) is 8. The van der Waals surface area contributed by atoms with Crippen LogP contribution in [-0.4, -0.2) is 62.9 Å². The Bertz CT molecular complexity index is 1310. The number of hydrogen-bond donors (Lipinski definition) is 1. The Labute approximate surface area is 189 Å². The first-order chi connectivity index (χ1) is 16.2. The summed E-state index contributed by atoms with van der Waals surface area (Å²) in [6.45, 7) is 4.97. The SMILES string of the molecule is O=c1cnc2ccc(=O)n3c2n1C[C@H]3CN1CCC(NCc2cc3c(cn2)OCCO3)CC1. The van der Waals surface area contributed by atoms with Gasteiger partial charge in [-0.3, -0.25) is 23.7 Å². The van der Waals surface area contributed by atoms with E-state index in [2.05, 4.69) is 20.2 Å². The molecule has 1 atom stereocenters. The van der Waals surface area contributed by atoms with Crippen LogP contribution in [0.3, 0.4) is 0 Å². The Morgan fingerprint density at radius 1 is 1.00 bits per heavy atom. The minimum absolute atomic E-state index is 0.0514. The van der Waals surface area contributed by atoms with E-state index in [0.717, 1.165) is 43.9 Å². The van der Waals surface area contributed by atoms with Crippen LogP contribution in [0.25, 0.3) is 11.2 Å². The van der Waals surface area contributed by atoms with Crippen LogP contribution in [-0.2, 0) is 13.1 Å². The molecule has 6 rings (SSSR count). The minimum atomic E-state index is -0.153. The predicted octanol–water partition coefficient (Wildman–Crippen LogP) is 0.533. The fourth-order valence-electron chi connectivity index (χ4n) is 5.11. The van der Waals surface area contributed by atoms with Crippen LogP contribution in [0.15, 0.2) is 40.2 Å². The lowest BCUT2D eigenvalue weighted by atomic mass is 10.0. The third kappa shape index (κ3) is 3.79. The van der Waals surface area contributed by atoms with Crippen molar-refractivity contribution >= 4 is 11.2 Å². The molecule has 3 aromatic heterocycles. The monoisotopic (exact) mass is 450 g/mol. The number of nitrogens with one attached hydrogen (secondary N) is 1. The van der Waals surface area contributed by atoms with Gasteiger partial charge in [0.05, 0.1) is 24.1 Å². The first kappa shape index (κ1) is 20.4. The number of ether oxygens (including phenoxy) is 2. The molecule has 0 radical (unpaired) electrons. The molecule has 6 heterocycles. The highest BCUT2D eigenvalue weighted by atomic mass is 16.6. The lowest BCUT2D eigenvalue weighted by Crippen LogP contribution is -2.44. The molecule has 1 saturated heterocycles. The van der Waals surface area contributed by atoms with Crippen molar-refractivity contribution in [1.82, 2.24) is 29.3 Å². The molecular weight excluding hydrogens is 424 g/mol. The summed E-state index contributed by atoms with van der Waals surface area (Å²) in [5, 5.41) is 3.61. The number of pyridine rings is 2. The second kappa shape index (κ2) is 8.27. The van der Waals surface area contributed by atoms with Gasteiger partial charge in [0.15, 0.2) is 11.5 Å². The Balaban J connectivity index is 1.06. The highest BCUT2D eigenvalue weighted by molar-refractivity contribution is 5.71. The lowest BCUT2D eigenvalue weighted by Gasteiger charge is -2.34. The summed E-state index contributed by atoms with van der Waals surface area (Å²) in [4.78, 5) is 36.0. The maximum Gasteiger partial charge on any atom is 0.270 e. The zero-order chi connectivity index (χ0) is 22.4. The van der Waals surface area contributed by atoms with Crippen molar-refractivity contribution < 1.29 is 9.47 Å². The number of nitrogens with zero attached hydrogens (tertiary/aromatic N) is 5. The molecule has 0 bridgehead atoms. The van der Waals surface area contributed by atoms with Crippen LogP contribution < -0.4 is 25.9 Å². The number of aromatic nitrogens is 4. The van der Waals surface area contributed by atoms with E-state index in [9.17, 15) is 9.59 Å². The molecule has 0 aromatic carbocycles. The van der Waals surface area contributed by atoms with E-state index in [0.29, 0.717) is 49.3 Å². The smallest absolute Gasteiger partial charge is 0.270 e. The molecule has 1 N–H and O–H groups in total. The minimum Gasteiger partial charge on any atom is -0.486 e.